The van der Waals surface area contributed by atoms with Gasteiger partial charge in [0.2, 0.25) is 0 Å². The van der Waals surface area contributed by atoms with E-state index in [9.17, 15) is 0 Å². The van der Waals surface area contributed by atoms with Crippen LogP contribution < -0.4 is 5.32 Å². The number of hydrogen-bond donors (Lipinski definition) is 1. The highest BCUT2D eigenvalue weighted by Crippen LogP contribution is 2.23. The summed E-state index contributed by atoms with van der Waals surface area (Å²) in [7, 11) is 1.99. The van der Waals surface area contributed by atoms with Crippen LogP contribution in [0.5, 0.6) is 0 Å². The molecule has 0 saturated carbocycles. The van der Waals surface area contributed by atoms with E-state index in [1.54, 1.807) is 0 Å². The maximum Gasteiger partial charge on any atom is 0.0975 e. The molecule has 0 radical (unpaired) electrons. The van der Waals surface area contributed by atoms with Gasteiger partial charge in [0.15, 0.2) is 0 Å². The number of nitrogens with one attached hydrogen (secondary N) is 1. The van der Waals surface area contributed by atoms with Crippen LogP contribution in [-0.4, -0.2) is 12.0 Å². The molecule has 0 amide bonds. The average Bonchev–Trinajstić information content (AvgIpc) is 2.72. The van der Waals surface area contributed by atoms with Gasteiger partial charge in [-0.15, -0.1) is 11.3 Å². The largest absolute Gasteiger partial charge is 0.315 e. The molecule has 0 aliphatic rings. The van der Waals surface area contributed by atoms with Crippen LogP contribution in [0.4, 0.5) is 0 Å². The van der Waals surface area contributed by atoms with Crippen LogP contribution in [0, 0.1) is 0 Å². The second-order valence-corrected chi connectivity index (χ2v) is 6.65. The number of halogens is 1. The molecule has 0 aliphatic heterocycles. The fraction of sp³-hybridized carbons (Fsp3) is 0.400. The van der Waals surface area contributed by atoms with Crippen molar-refractivity contribution in [1.29, 1.82) is 0 Å². The predicted molar refractivity (Wildman–Crippen MR) is 85.8 cm³/mol. The summed E-state index contributed by atoms with van der Waals surface area (Å²) in [4.78, 5) is 6.19. The fourth-order valence-electron chi connectivity index (χ4n) is 2.06. The van der Waals surface area contributed by atoms with E-state index in [1.807, 2.05) is 18.4 Å². The number of rotatable bonds is 6. The Morgan fingerprint density at radius 3 is 2.89 bits per heavy atom. The van der Waals surface area contributed by atoms with Gasteiger partial charge in [0.05, 0.1) is 10.7 Å². The molecule has 0 atom stereocenters. The molecule has 19 heavy (non-hydrogen) atoms. The van der Waals surface area contributed by atoms with E-state index in [2.05, 4.69) is 52.4 Å². The van der Waals surface area contributed by atoms with Crippen molar-refractivity contribution in [2.45, 2.75) is 32.7 Å². The maximum absolute atomic E-state index is 4.81. The Balaban J connectivity index is 2.18. The van der Waals surface area contributed by atoms with Gasteiger partial charge in [-0.2, -0.15) is 0 Å². The van der Waals surface area contributed by atoms with Crippen LogP contribution in [0.3, 0.4) is 0 Å². The molecule has 1 heterocycles. The van der Waals surface area contributed by atoms with Crippen molar-refractivity contribution in [2.24, 2.45) is 0 Å². The maximum atomic E-state index is 4.81. The second-order valence-electron chi connectivity index (χ2n) is 4.56. The van der Waals surface area contributed by atoms with Crippen molar-refractivity contribution < 1.29 is 0 Å². The Hall–Kier alpha value is -0.710. The molecule has 4 heteroatoms. The Bertz CT molecular complexity index is 513. The molecule has 102 valence electrons. The molecule has 1 aromatic carbocycles. The smallest absolute Gasteiger partial charge is 0.0975 e. The summed E-state index contributed by atoms with van der Waals surface area (Å²) < 4.78 is 1.13. The summed E-state index contributed by atoms with van der Waals surface area (Å²) in [6.07, 6.45) is 3.15. The van der Waals surface area contributed by atoms with Crippen LogP contribution in [0.2, 0.25) is 0 Å². The highest BCUT2D eigenvalue weighted by atomic mass is 79.9. The molecule has 0 saturated heterocycles. The Kier molecular flexibility index (Phi) is 5.55. The van der Waals surface area contributed by atoms with Crippen LogP contribution in [0.1, 0.15) is 34.5 Å². The van der Waals surface area contributed by atoms with Crippen molar-refractivity contribution in [3.05, 3.63) is 49.9 Å². The molecule has 0 bridgehead atoms. The van der Waals surface area contributed by atoms with Crippen molar-refractivity contribution in [2.75, 3.05) is 7.05 Å². The topological polar surface area (TPSA) is 24.9 Å². The lowest BCUT2D eigenvalue weighted by atomic mass is 10.1. The predicted octanol–water partition coefficient (Wildman–Crippen LogP) is 4.17. The normalized spacial score (nSPS) is 10.9. The van der Waals surface area contributed by atoms with Crippen molar-refractivity contribution in [1.82, 2.24) is 10.3 Å². The van der Waals surface area contributed by atoms with E-state index < -0.39 is 0 Å². The minimum atomic E-state index is 0.921. The Morgan fingerprint density at radius 2 is 2.21 bits per heavy atom. The standard InChI is InChI=1S/C15H19BrN2S/c1-3-5-13-14(10-17-2)19-15(18-13)9-11-6-4-7-12(16)8-11/h4,6-8,17H,3,5,9-10H2,1-2H3. The van der Waals surface area contributed by atoms with Crippen LogP contribution in [-0.2, 0) is 19.4 Å². The lowest BCUT2D eigenvalue weighted by Gasteiger charge is -1.98. The van der Waals surface area contributed by atoms with Crippen molar-refractivity contribution in [3.8, 4) is 0 Å². The first-order valence-corrected chi connectivity index (χ1v) is 8.20. The highest BCUT2D eigenvalue weighted by molar-refractivity contribution is 9.10. The Morgan fingerprint density at radius 1 is 1.37 bits per heavy atom. The van der Waals surface area contributed by atoms with E-state index in [0.717, 1.165) is 30.3 Å². The number of benzene rings is 1. The van der Waals surface area contributed by atoms with E-state index in [0.29, 0.717) is 0 Å². The van der Waals surface area contributed by atoms with Gasteiger partial charge in [-0.3, -0.25) is 0 Å². The number of aromatic nitrogens is 1. The van der Waals surface area contributed by atoms with Crippen molar-refractivity contribution in [3.63, 3.8) is 0 Å². The molecular weight excluding hydrogens is 320 g/mol. The van der Waals surface area contributed by atoms with E-state index in [4.69, 9.17) is 4.98 Å². The van der Waals surface area contributed by atoms with Gasteiger partial charge in [-0.1, -0.05) is 41.4 Å². The van der Waals surface area contributed by atoms with Crippen LogP contribution >= 0.6 is 27.3 Å². The summed E-state index contributed by atoms with van der Waals surface area (Å²) in [5.74, 6) is 0. The van der Waals surface area contributed by atoms with Crippen LogP contribution in [0.15, 0.2) is 28.7 Å². The van der Waals surface area contributed by atoms with E-state index in [1.165, 1.54) is 21.1 Å². The van der Waals surface area contributed by atoms with Gasteiger partial charge >= 0.3 is 0 Å². The summed E-state index contributed by atoms with van der Waals surface area (Å²) in [6.45, 7) is 3.13. The number of nitrogens with zero attached hydrogens (tertiary/aromatic N) is 1. The summed E-state index contributed by atoms with van der Waals surface area (Å²) in [5.41, 5.74) is 2.58. The van der Waals surface area contributed by atoms with Gasteiger partial charge in [-0.05, 0) is 31.2 Å². The molecule has 0 fully saturated rings. The zero-order chi connectivity index (χ0) is 13.7. The van der Waals surface area contributed by atoms with Gasteiger partial charge in [0.1, 0.15) is 0 Å². The monoisotopic (exact) mass is 338 g/mol. The lowest BCUT2D eigenvalue weighted by Crippen LogP contribution is -2.05. The van der Waals surface area contributed by atoms with Crippen molar-refractivity contribution >= 4 is 27.3 Å². The van der Waals surface area contributed by atoms with Gasteiger partial charge < -0.3 is 5.32 Å². The summed E-state index contributed by atoms with van der Waals surface area (Å²) >= 11 is 5.35. The minimum Gasteiger partial charge on any atom is -0.315 e. The Labute approximate surface area is 127 Å². The van der Waals surface area contributed by atoms with E-state index >= 15 is 0 Å². The zero-order valence-corrected chi connectivity index (χ0v) is 13.8. The molecular formula is C15H19BrN2S. The first-order chi connectivity index (χ1) is 9.22. The first kappa shape index (κ1) is 14.7. The quantitative estimate of drug-likeness (QED) is 0.854. The number of thiazole rings is 1. The molecule has 0 spiro atoms. The minimum absolute atomic E-state index is 0.921. The summed E-state index contributed by atoms with van der Waals surface area (Å²) in [5, 5.41) is 4.45. The third-order valence-corrected chi connectivity index (χ3v) is 4.48. The molecule has 2 rings (SSSR count). The highest BCUT2D eigenvalue weighted by Gasteiger charge is 2.10. The third-order valence-electron chi connectivity index (χ3n) is 2.89. The molecule has 1 N–H and O–H groups in total. The molecule has 2 nitrogen and oxygen atoms in total. The number of hydrogen-bond acceptors (Lipinski definition) is 3. The first-order valence-electron chi connectivity index (χ1n) is 6.59. The van der Waals surface area contributed by atoms with E-state index in [-0.39, 0.29) is 0 Å². The molecule has 0 unspecified atom stereocenters. The SMILES string of the molecule is CCCc1nc(Cc2cccc(Br)c2)sc1CNC. The zero-order valence-electron chi connectivity index (χ0n) is 11.4. The third kappa shape index (κ3) is 4.13. The fourth-order valence-corrected chi connectivity index (χ4v) is 3.67. The molecule has 1 aromatic heterocycles. The average molecular weight is 339 g/mol. The lowest BCUT2D eigenvalue weighted by molar-refractivity contribution is 0.796. The molecule has 2 aromatic rings. The van der Waals surface area contributed by atoms with Gasteiger partial charge in [0.25, 0.3) is 0 Å². The summed E-state index contributed by atoms with van der Waals surface area (Å²) in [6, 6.07) is 8.46. The van der Waals surface area contributed by atoms with Gasteiger partial charge in [0, 0.05) is 22.3 Å². The van der Waals surface area contributed by atoms with Crippen LogP contribution in [0.25, 0.3) is 0 Å². The second kappa shape index (κ2) is 7.17. The van der Waals surface area contributed by atoms with Gasteiger partial charge in [-0.25, -0.2) is 4.98 Å². The molecule has 0 aliphatic carbocycles. The number of aryl methyl sites for hydroxylation is 1.